The summed E-state index contributed by atoms with van der Waals surface area (Å²) in [7, 11) is 0. The highest BCUT2D eigenvalue weighted by molar-refractivity contribution is 7.99. The maximum Gasteiger partial charge on any atom is 0.00853 e. The van der Waals surface area contributed by atoms with Crippen LogP contribution in [0.4, 0.5) is 0 Å². The Hall–Kier alpha value is 0.270. The van der Waals surface area contributed by atoms with Gasteiger partial charge in [0.15, 0.2) is 0 Å². The van der Waals surface area contributed by atoms with Crippen molar-refractivity contribution in [3.63, 3.8) is 0 Å². The number of hydrogen-bond acceptors (Lipinski definition) is 3. The highest BCUT2D eigenvalue weighted by Gasteiger charge is 2.18. The monoisotopic (exact) mass is 214 g/mol. The van der Waals surface area contributed by atoms with E-state index in [9.17, 15) is 0 Å². The Morgan fingerprint density at radius 1 is 0.929 bits per heavy atom. The summed E-state index contributed by atoms with van der Waals surface area (Å²) in [6, 6.07) is 1.61. The van der Waals surface area contributed by atoms with Crippen molar-refractivity contribution in [2.75, 3.05) is 24.6 Å². The van der Waals surface area contributed by atoms with E-state index in [1.807, 2.05) is 0 Å². The molecule has 0 aromatic carbocycles. The van der Waals surface area contributed by atoms with E-state index in [0.29, 0.717) is 0 Å². The van der Waals surface area contributed by atoms with Crippen LogP contribution in [0.1, 0.15) is 32.1 Å². The summed E-state index contributed by atoms with van der Waals surface area (Å²) in [6.07, 6.45) is 6.81. The van der Waals surface area contributed by atoms with E-state index in [1.165, 1.54) is 56.7 Å². The lowest BCUT2D eigenvalue weighted by Gasteiger charge is -2.27. The van der Waals surface area contributed by atoms with E-state index in [0.717, 1.165) is 12.1 Å². The molecule has 2 rings (SSSR count). The topological polar surface area (TPSA) is 24.1 Å². The van der Waals surface area contributed by atoms with Crippen LogP contribution in [0, 0.1) is 0 Å². The molecule has 82 valence electrons. The van der Waals surface area contributed by atoms with Crippen molar-refractivity contribution in [3.8, 4) is 0 Å². The van der Waals surface area contributed by atoms with Gasteiger partial charge in [-0.25, -0.2) is 0 Å². The van der Waals surface area contributed by atoms with Crippen LogP contribution < -0.4 is 10.6 Å². The van der Waals surface area contributed by atoms with Crippen molar-refractivity contribution in [3.05, 3.63) is 0 Å². The first-order valence-electron chi connectivity index (χ1n) is 5.99. The second-order valence-corrected chi connectivity index (χ2v) is 5.66. The van der Waals surface area contributed by atoms with Crippen LogP contribution in [-0.2, 0) is 0 Å². The van der Waals surface area contributed by atoms with Crippen molar-refractivity contribution in [2.24, 2.45) is 0 Å². The molecule has 2 saturated heterocycles. The highest BCUT2D eigenvalue weighted by Crippen LogP contribution is 2.18. The summed E-state index contributed by atoms with van der Waals surface area (Å²) in [5, 5.41) is 7.31. The van der Waals surface area contributed by atoms with Crippen molar-refractivity contribution in [2.45, 2.75) is 44.2 Å². The van der Waals surface area contributed by atoms with E-state index in [4.69, 9.17) is 0 Å². The van der Waals surface area contributed by atoms with Crippen LogP contribution >= 0.6 is 11.8 Å². The predicted molar refractivity (Wildman–Crippen MR) is 64.0 cm³/mol. The minimum atomic E-state index is 0.790. The smallest absolute Gasteiger partial charge is 0.00853 e. The zero-order valence-electron chi connectivity index (χ0n) is 8.93. The van der Waals surface area contributed by atoms with E-state index in [-0.39, 0.29) is 0 Å². The van der Waals surface area contributed by atoms with E-state index < -0.39 is 0 Å². The first-order valence-corrected chi connectivity index (χ1v) is 7.15. The molecular weight excluding hydrogens is 192 g/mol. The number of hydrogen-bond donors (Lipinski definition) is 2. The summed E-state index contributed by atoms with van der Waals surface area (Å²) in [4.78, 5) is 0. The molecule has 2 N–H and O–H groups in total. The lowest BCUT2D eigenvalue weighted by atomic mass is 10.1. The second-order valence-electron chi connectivity index (χ2n) is 4.43. The fourth-order valence-electron chi connectivity index (χ4n) is 2.38. The van der Waals surface area contributed by atoms with Crippen molar-refractivity contribution in [1.82, 2.24) is 10.6 Å². The van der Waals surface area contributed by atoms with E-state index in [2.05, 4.69) is 22.4 Å². The lowest BCUT2D eigenvalue weighted by molar-refractivity contribution is 0.382. The average Bonchev–Trinajstić information content (AvgIpc) is 2.48. The zero-order valence-corrected chi connectivity index (χ0v) is 9.74. The predicted octanol–water partition coefficient (Wildman–Crippen LogP) is 1.61. The van der Waals surface area contributed by atoms with Gasteiger partial charge in [0.05, 0.1) is 0 Å². The average molecular weight is 214 g/mol. The van der Waals surface area contributed by atoms with Gasteiger partial charge in [-0.3, -0.25) is 0 Å². The van der Waals surface area contributed by atoms with Crippen LogP contribution in [0.5, 0.6) is 0 Å². The standard InChI is InChI=1S/C11H22N2S/c1-2-10(3-7-12-6-1)13-11-4-8-14-9-5-11/h10-13H,1-9H2. The molecule has 0 aliphatic carbocycles. The van der Waals surface area contributed by atoms with Gasteiger partial charge in [-0.15, -0.1) is 0 Å². The van der Waals surface area contributed by atoms with Crippen molar-refractivity contribution in [1.29, 1.82) is 0 Å². The summed E-state index contributed by atoms with van der Waals surface area (Å²) >= 11 is 2.11. The van der Waals surface area contributed by atoms with Crippen LogP contribution in [0.25, 0.3) is 0 Å². The minimum Gasteiger partial charge on any atom is -0.317 e. The van der Waals surface area contributed by atoms with Gasteiger partial charge in [-0.1, -0.05) is 0 Å². The molecule has 1 atom stereocenters. The van der Waals surface area contributed by atoms with Gasteiger partial charge in [0.2, 0.25) is 0 Å². The first-order chi connectivity index (χ1) is 6.95. The molecule has 2 fully saturated rings. The van der Waals surface area contributed by atoms with Crippen LogP contribution in [0.15, 0.2) is 0 Å². The molecule has 0 radical (unpaired) electrons. The Bertz CT molecular complexity index is 149. The van der Waals surface area contributed by atoms with Gasteiger partial charge < -0.3 is 10.6 Å². The quantitative estimate of drug-likeness (QED) is 0.730. The van der Waals surface area contributed by atoms with Crippen LogP contribution in [0.3, 0.4) is 0 Å². The fourth-order valence-corrected chi connectivity index (χ4v) is 3.49. The van der Waals surface area contributed by atoms with Gasteiger partial charge >= 0.3 is 0 Å². The third-order valence-corrected chi connectivity index (χ3v) is 4.32. The third-order valence-electron chi connectivity index (χ3n) is 3.27. The molecule has 2 nitrogen and oxygen atoms in total. The maximum atomic E-state index is 3.84. The van der Waals surface area contributed by atoms with Gasteiger partial charge in [0.1, 0.15) is 0 Å². The largest absolute Gasteiger partial charge is 0.317 e. The summed E-state index contributed by atoms with van der Waals surface area (Å²) in [6.45, 7) is 2.43. The lowest BCUT2D eigenvalue weighted by Crippen LogP contribution is -2.40. The molecule has 0 aromatic rings. The van der Waals surface area contributed by atoms with E-state index in [1.54, 1.807) is 0 Å². The number of thioether (sulfide) groups is 1. The minimum absolute atomic E-state index is 0.790. The van der Waals surface area contributed by atoms with Gasteiger partial charge in [-0.05, 0) is 56.7 Å². The van der Waals surface area contributed by atoms with Gasteiger partial charge in [0, 0.05) is 12.1 Å². The fraction of sp³-hybridized carbons (Fsp3) is 1.00. The van der Waals surface area contributed by atoms with Crippen LogP contribution in [0.2, 0.25) is 0 Å². The Morgan fingerprint density at radius 2 is 1.71 bits per heavy atom. The van der Waals surface area contributed by atoms with E-state index >= 15 is 0 Å². The molecule has 2 aliphatic rings. The third kappa shape index (κ3) is 3.44. The molecule has 0 bridgehead atoms. The number of nitrogens with one attached hydrogen (secondary N) is 2. The van der Waals surface area contributed by atoms with Gasteiger partial charge in [-0.2, -0.15) is 11.8 Å². The Morgan fingerprint density at radius 3 is 2.57 bits per heavy atom. The Labute approximate surface area is 91.6 Å². The van der Waals surface area contributed by atoms with Crippen LogP contribution in [-0.4, -0.2) is 36.7 Å². The zero-order chi connectivity index (χ0) is 9.64. The second kappa shape index (κ2) is 5.99. The Balaban J connectivity index is 1.71. The first kappa shape index (κ1) is 10.8. The molecule has 3 heteroatoms. The van der Waals surface area contributed by atoms with Crippen molar-refractivity contribution >= 4 is 11.8 Å². The summed E-state index contributed by atoms with van der Waals surface area (Å²) < 4.78 is 0. The SMILES string of the molecule is C1CNCCC(NC2CCSCC2)C1. The molecule has 0 spiro atoms. The molecule has 0 amide bonds. The molecular formula is C11H22N2S. The van der Waals surface area contributed by atoms with Crippen molar-refractivity contribution < 1.29 is 0 Å². The molecule has 1 unspecified atom stereocenters. The molecule has 14 heavy (non-hydrogen) atoms. The summed E-state index contributed by atoms with van der Waals surface area (Å²) in [5.74, 6) is 2.73. The number of rotatable bonds is 2. The molecule has 2 heterocycles. The molecule has 0 aromatic heterocycles. The normalized spacial score (nSPS) is 31.3. The molecule has 2 aliphatic heterocycles. The highest BCUT2D eigenvalue weighted by atomic mass is 32.2. The molecule has 0 saturated carbocycles. The summed E-state index contributed by atoms with van der Waals surface area (Å²) in [5.41, 5.74) is 0. The Kier molecular flexibility index (Phi) is 4.61. The van der Waals surface area contributed by atoms with Gasteiger partial charge in [0.25, 0.3) is 0 Å². The maximum absolute atomic E-state index is 3.84.